The Bertz CT molecular complexity index is 154. The van der Waals surface area contributed by atoms with Crippen LogP contribution < -0.4 is 5.32 Å². The van der Waals surface area contributed by atoms with Crippen LogP contribution in [0.4, 0.5) is 4.79 Å². The third-order valence-corrected chi connectivity index (χ3v) is 1.21. The predicted molar refractivity (Wildman–Crippen MR) is 39.3 cm³/mol. The molecule has 0 spiro atoms. The van der Waals surface area contributed by atoms with Gasteiger partial charge >= 0.3 is 6.09 Å². The van der Waals surface area contributed by atoms with Crippen LogP contribution in [0.2, 0.25) is 0 Å². The van der Waals surface area contributed by atoms with Gasteiger partial charge in [0.1, 0.15) is 6.61 Å². The molecule has 1 rings (SSSR count). The van der Waals surface area contributed by atoms with Crippen molar-refractivity contribution in [1.29, 1.82) is 0 Å². The van der Waals surface area contributed by atoms with Gasteiger partial charge in [-0.05, 0) is 0 Å². The van der Waals surface area contributed by atoms with Crippen LogP contribution >= 0.6 is 0 Å². The molecule has 4 nitrogen and oxygen atoms in total. The maximum Gasteiger partial charge on any atom is 0.407 e. The van der Waals surface area contributed by atoms with Gasteiger partial charge in [0.25, 0.3) is 0 Å². The Hall–Kier alpha value is -1.03. The van der Waals surface area contributed by atoms with Gasteiger partial charge in [-0.15, -0.1) is 0 Å². The second-order valence-corrected chi connectivity index (χ2v) is 2.22. The summed E-state index contributed by atoms with van der Waals surface area (Å²) >= 11 is 0. The molecule has 0 saturated carbocycles. The van der Waals surface area contributed by atoms with Crippen LogP contribution in [0, 0.1) is 0 Å². The molecular formula is C7H11NO3. The maximum absolute atomic E-state index is 10.7. The summed E-state index contributed by atoms with van der Waals surface area (Å²) < 4.78 is 9.52. The summed E-state index contributed by atoms with van der Waals surface area (Å²) in [6, 6.07) is 0. The van der Waals surface area contributed by atoms with E-state index in [-0.39, 0.29) is 12.7 Å². The van der Waals surface area contributed by atoms with E-state index in [1.54, 1.807) is 0 Å². The SMILES string of the molecule is C=CCOC(=O)NC[C@@H]1CO1. The second kappa shape index (κ2) is 3.98. The number of rotatable bonds is 4. The van der Waals surface area contributed by atoms with Gasteiger partial charge in [-0.2, -0.15) is 0 Å². The predicted octanol–water partition coefficient (Wildman–Crippen LogP) is 0.297. The van der Waals surface area contributed by atoms with Crippen molar-refractivity contribution in [3.8, 4) is 0 Å². The van der Waals surface area contributed by atoms with Crippen molar-refractivity contribution in [2.45, 2.75) is 6.10 Å². The Kier molecular flexibility index (Phi) is 2.92. The number of hydrogen-bond acceptors (Lipinski definition) is 3. The van der Waals surface area contributed by atoms with Crippen molar-refractivity contribution in [1.82, 2.24) is 5.32 Å². The number of nitrogens with one attached hydrogen (secondary N) is 1. The molecule has 0 bridgehead atoms. The molecule has 0 unspecified atom stereocenters. The number of ether oxygens (including phenoxy) is 2. The molecule has 4 heteroatoms. The lowest BCUT2D eigenvalue weighted by Gasteiger charge is -2.01. The number of carbonyl (C=O) groups is 1. The zero-order valence-corrected chi connectivity index (χ0v) is 6.21. The second-order valence-electron chi connectivity index (χ2n) is 2.22. The standard InChI is InChI=1S/C7H11NO3/c1-2-3-10-7(9)8-4-6-5-11-6/h2,6H,1,3-5H2,(H,8,9)/t6-/m1/s1. The zero-order valence-electron chi connectivity index (χ0n) is 6.21. The quantitative estimate of drug-likeness (QED) is 0.471. The summed E-state index contributed by atoms with van der Waals surface area (Å²) in [5.41, 5.74) is 0. The summed E-state index contributed by atoms with van der Waals surface area (Å²) in [6.07, 6.45) is 1.31. The number of hydrogen-bond donors (Lipinski definition) is 1. The third kappa shape index (κ3) is 3.62. The van der Waals surface area contributed by atoms with E-state index in [2.05, 4.69) is 16.6 Å². The Balaban J connectivity index is 1.95. The lowest BCUT2D eigenvalue weighted by Crippen LogP contribution is -2.28. The molecule has 62 valence electrons. The highest BCUT2D eigenvalue weighted by Gasteiger charge is 2.22. The average Bonchev–Trinajstić information content (AvgIpc) is 2.80. The Morgan fingerprint density at radius 1 is 1.91 bits per heavy atom. The Morgan fingerprint density at radius 2 is 2.64 bits per heavy atom. The number of epoxide rings is 1. The molecule has 0 radical (unpaired) electrons. The van der Waals surface area contributed by atoms with Gasteiger partial charge in [0.2, 0.25) is 0 Å². The molecule has 1 amide bonds. The molecule has 1 aliphatic heterocycles. The molecule has 1 saturated heterocycles. The largest absolute Gasteiger partial charge is 0.445 e. The topological polar surface area (TPSA) is 50.9 Å². The minimum atomic E-state index is -0.416. The third-order valence-electron chi connectivity index (χ3n) is 1.21. The lowest BCUT2D eigenvalue weighted by atomic mass is 10.5. The van der Waals surface area contributed by atoms with Crippen LogP contribution in [0.25, 0.3) is 0 Å². The van der Waals surface area contributed by atoms with Crippen LogP contribution in [0.3, 0.4) is 0 Å². The molecule has 1 aliphatic rings. The van der Waals surface area contributed by atoms with Crippen LogP contribution in [-0.4, -0.2) is 32.0 Å². The van der Waals surface area contributed by atoms with E-state index < -0.39 is 6.09 Å². The highest BCUT2D eigenvalue weighted by molar-refractivity contribution is 5.67. The van der Waals surface area contributed by atoms with Gasteiger partial charge in [-0.1, -0.05) is 12.7 Å². The molecule has 0 aromatic carbocycles. The van der Waals surface area contributed by atoms with Crippen LogP contribution in [0.5, 0.6) is 0 Å². The smallest absolute Gasteiger partial charge is 0.407 e. The summed E-state index contributed by atoms with van der Waals surface area (Å²) in [7, 11) is 0. The Morgan fingerprint density at radius 3 is 3.18 bits per heavy atom. The first kappa shape index (κ1) is 8.07. The van der Waals surface area contributed by atoms with Gasteiger partial charge in [0, 0.05) is 6.54 Å². The number of carbonyl (C=O) groups excluding carboxylic acids is 1. The molecule has 0 aromatic rings. The fourth-order valence-electron chi connectivity index (χ4n) is 0.569. The van der Waals surface area contributed by atoms with Crippen molar-refractivity contribution in [3.63, 3.8) is 0 Å². The van der Waals surface area contributed by atoms with Gasteiger partial charge in [0.05, 0.1) is 12.7 Å². The number of amides is 1. The molecule has 11 heavy (non-hydrogen) atoms. The van der Waals surface area contributed by atoms with Gasteiger partial charge in [-0.25, -0.2) is 4.79 Å². The first-order chi connectivity index (χ1) is 5.33. The van der Waals surface area contributed by atoms with Crippen LogP contribution in [0.15, 0.2) is 12.7 Å². The average molecular weight is 157 g/mol. The van der Waals surface area contributed by atoms with Gasteiger partial charge < -0.3 is 14.8 Å². The summed E-state index contributed by atoms with van der Waals surface area (Å²) in [4.78, 5) is 10.7. The minimum Gasteiger partial charge on any atom is -0.445 e. The lowest BCUT2D eigenvalue weighted by molar-refractivity contribution is 0.157. The summed E-state index contributed by atoms with van der Waals surface area (Å²) in [6.45, 7) is 4.93. The van der Waals surface area contributed by atoms with E-state index in [4.69, 9.17) is 4.74 Å². The fraction of sp³-hybridized carbons (Fsp3) is 0.571. The Labute approximate surface area is 65.2 Å². The van der Waals surface area contributed by atoms with Crippen molar-refractivity contribution in [3.05, 3.63) is 12.7 Å². The molecule has 1 fully saturated rings. The van der Waals surface area contributed by atoms with E-state index in [0.717, 1.165) is 6.61 Å². The normalized spacial score (nSPS) is 20.5. The summed E-state index contributed by atoms with van der Waals surface area (Å²) in [5, 5.41) is 2.55. The highest BCUT2D eigenvalue weighted by Crippen LogP contribution is 2.05. The van der Waals surface area contributed by atoms with Crippen LogP contribution in [0.1, 0.15) is 0 Å². The van der Waals surface area contributed by atoms with Crippen molar-refractivity contribution < 1.29 is 14.3 Å². The molecule has 0 aromatic heterocycles. The van der Waals surface area contributed by atoms with E-state index in [0.29, 0.717) is 6.54 Å². The van der Waals surface area contributed by atoms with Crippen molar-refractivity contribution in [2.24, 2.45) is 0 Å². The van der Waals surface area contributed by atoms with E-state index in [1.165, 1.54) is 6.08 Å². The van der Waals surface area contributed by atoms with E-state index >= 15 is 0 Å². The monoisotopic (exact) mass is 157 g/mol. The van der Waals surface area contributed by atoms with Gasteiger partial charge in [-0.3, -0.25) is 0 Å². The van der Waals surface area contributed by atoms with Crippen LogP contribution in [-0.2, 0) is 9.47 Å². The highest BCUT2D eigenvalue weighted by atomic mass is 16.6. The van der Waals surface area contributed by atoms with Gasteiger partial charge in [0.15, 0.2) is 0 Å². The minimum absolute atomic E-state index is 0.200. The molecule has 0 aliphatic carbocycles. The molecule has 1 atom stereocenters. The first-order valence-electron chi connectivity index (χ1n) is 3.46. The molecule has 1 N–H and O–H groups in total. The number of alkyl carbamates (subject to hydrolysis) is 1. The van der Waals surface area contributed by atoms with E-state index in [9.17, 15) is 4.79 Å². The molecule has 1 heterocycles. The molecular weight excluding hydrogens is 146 g/mol. The van der Waals surface area contributed by atoms with E-state index in [1.807, 2.05) is 0 Å². The zero-order chi connectivity index (χ0) is 8.10. The maximum atomic E-state index is 10.7. The summed E-state index contributed by atoms with van der Waals surface area (Å²) in [5.74, 6) is 0. The fourth-order valence-corrected chi connectivity index (χ4v) is 0.569. The first-order valence-corrected chi connectivity index (χ1v) is 3.46. The van der Waals surface area contributed by atoms with Crippen molar-refractivity contribution in [2.75, 3.05) is 19.8 Å². The van der Waals surface area contributed by atoms with Crippen molar-refractivity contribution >= 4 is 6.09 Å².